The monoisotopic (exact) mass is 582 g/mol. The van der Waals surface area contributed by atoms with Gasteiger partial charge < -0.3 is 0 Å². The van der Waals surface area contributed by atoms with E-state index in [2.05, 4.69) is 20.6 Å². The molecule has 0 aliphatic rings. The number of hydrogen-bond acceptors (Lipinski definition) is 16. The quantitative estimate of drug-likeness (QED) is 0.187. The molecule has 24 nitrogen and oxygen atoms in total. The zero-order valence-electron chi connectivity index (χ0n) is 19.7. The van der Waals surface area contributed by atoms with Crippen molar-refractivity contribution in [2.75, 3.05) is 0 Å². The molecule has 0 aliphatic carbocycles. The van der Waals surface area contributed by atoms with Gasteiger partial charge in [-0.3, -0.25) is 60.7 Å². The van der Waals surface area contributed by atoms with Crippen LogP contribution in [0, 0.1) is 60.7 Å². The summed E-state index contributed by atoms with van der Waals surface area (Å²) < 4.78 is 1.29. The number of non-ortho nitro benzene ring substituents is 2. The first-order valence-electron chi connectivity index (χ1n) is 10.6. The summed E-state index contributed by atoms with van der Waals surface area (Å²) in [5, 5.41) is 84.3. The molecule has 0 saturated heterocycles. The normalized spacial score (nSPS) is 11.0. The van der Waals surface area contributed by atoms with Crippen molar-refractivity contribution in [3.63, 3.8) is 0 Å². The van der Waals surface area contributed by atoms with Gasteiger partial charge in [0.1, 0.15) is 11.0 Å². The molecule has 0 aliphatic heterocycles. The zero-order chi connectivity index (χ0) is 30.6. The van der Waals surface area contributed by atoms with Crippen LogP contribution in [0.15, 0.2) is 36.4 Å². The van der Waals surface area contributed by atoms with Crippen molar-refractivity contribution in [1.29, 1.82) is 0 Å². The summed E-state index contributed by atoms with van der Waals surface area (Å²) in [6, 6.07) is 4.11. The number of aromatic nitrogens is 6. The van der Waals surface area contributed by atoms with Crippen LogP contribution in [0.5, 0.6) is 0 Å². The van der Waals surface area contributed by atoms with Crippen LogP contribution >= 0.6 is 0 Å². The third-order valence-corrected chi connectivity index (χ3v) is 5.75. The lowest BCUT2D eigenvalue weighted by molar-refractivity contribution is -0.403. The predicted molar refractivity (Wildman–Crippen MR) is 131 cm³/mol. The minimum absolute atomic E-state index is 0.178. The summed E-state index contributed by atoms with van der Waals surface area (Å²) in [6.07, 6.45) is 0. The summed E-state index contributed by atoms with van der Waals surface area (Å²) in [5.74, 6) is 0. The molecule has 2 heterocycles. The second-order valence-corrected chi connectivity index (χ2v) is 8.04. The number of nitro groups is 6. The SMILES string of the molecule is O=[N+]([O-])c1cc([N+](=O)[O-])c(-n2nnc3cc4c(cc32)nnn4-c2c([N+](=O)[O-])cc([N+](=O)[O-])cc2[N+](=O)[O-])c([N+](=O)[O-])c1. The third kappa shape index (κ3) is 4.04. The zero-order valence-corrected chi connectivity index (χ0v) is 19.7. The standard InChI is InChI=1S/C18H6N12O12/c31-25(32)7-1-13(27(35)36)17(14(2-7)28(37)38)23-11-5-10-12(6-9(11)19-21-23)24(22-20-10)18-15(29(39)40)3-8(26(33)34)4-16(18)30(41)42/h1-6H. The molecule has 24 heteroatoms. The van der Waals surface area contributed by atoms with E-state index in [1.54, 1.807) is 0 Å². The molecule has 5 aromatic rings. The number of hydrogen-bond donors (Lipinski definition) is 0. The van der Waals surface area contributed by atoms with Crippen LogP contribution in [0.2, 0.25) is 0 Å². The Kier molecular flexibility index (Phi) is 5.83. The van der Waals surface area contributed by atoms with E-state index in [4.69, 9.17) is 0 Å². The van der Waals surface area contributed by atoms with Gasteiger partial charge in [-0.1, -0.05) is 10.4 Å². The highest BCUT2D eigenvalue weighted by atomic mass is 16.6. The lowest BCUT2D eigenvalue weighted by Crippen LogP contribution is -2.07. The van der Waals surface area contributed by atoms with E-state index in [0.717, 1.165) is 12.1 Å². The maximum absolute atomic E-state index is 11.7. The lowest BCUT2D eigenvalue weighted by atomic mass is 10.2. The van der Waals surface area contributed by atoms with Gasteiger partial charge in [-0.25, -0.2) is 0 Å². The van der Waals surface area contributed by atoms with Gasteiger partial charge in [0.15, 0.2) is 0 Å². The van der Waals surface area contributed by atoms with Crippen LogP contribution in [0.3, 0.4) is 0 Å². The minimum Gasteiger partial charge on any atom is -0.258 e. The minimum atomic E-state index is -1.11. The Balaban J connectivity index is 1.81. The van der Waals surface area contributed by atoms with Gasteiger partial charge in [0, 0.05) is 0 Å². The Morgan fingerprint density at radius 1 is 0.452 bits per heavy atom. The van der Waals surface area contributed by atoms with Crippen molar-refractivity contribution in [2.24, 2.45) is 0 Å². The number of nitro benzene ring substituents is 6. The van der Waals surface area contributed by atoms with Crippen LogP contribution in [-0.4, -0.2) is 59.5 Å². The van der Waals surface area contributed by atoms with Crippen LogP contribution in [0.4, 0.5) is 34.1 Å². The highest BCUT2D eigenvalue weighted by molar-refractivity contribution is 5.93. The van der Waals surface area contributed by atoms with Crippen LogP contribution in [0.25, 0.3) is 33.4 Å². The average molecular weight is 582 g/mol. The van der Waals surface area contributed by atoms with E-state index < -0.39 is 75.0 Å². The van der Waals surface area contributed by atoms with E-state index in [1.807, 2.05) is 0 Å². The van der Waals surface area contributed by atoms with Crippen molar-refractivity contribution in [1.82, 2.24) is 30.0 Å². The Morgan fingerprint density at radius 2 is 0.738 bits per heavy atom. The predicted octanol–water partition coefficient (Wildman–Crippen LogP) is 2.60. The fraction of sp³-hybridized carbons (Fsp3) is 0. The molecule has 0 amide bonds. The molecule has 0 spiro atoms. The Labute approximate surface area is 224 Å². The van der Waals surface area contributed by atoms with Gasteiger partial charge in [-0.15, -0.1) is 10.2 Å². The van der Waals surface area contributed by atoms with Gasteiger partial charge in [-0.05, 0) is 12.1 Å². The number of fused-ring (bicyclic) bond motifs is 2. The Bertz CT molecular complexity index is 1860. The molecule has 210 valence electrons. The molecule has 0 N–H and O–H groups in total. The van der Waals surface area contributed by atoms with E-state index >= 15 is 0 Å². The van der Waals surface area contributed by atoms with E-state index in [1.165, 1.54) is 0 Å². The molecule has 0 atom stereocenters. The molecule has 0 unspecified atom stereocenters. The average Bonchev–Trinajstić information content (AvgIpc) is 3.53. The maximum Gasteiger partial charge on any atom is 0.308 e. The fourth-order valence-electron chi connectivity index (χ4n) is 4.05. The lowest BCUT2D eigenvalue weighted by Gasteiger charge is -2.06. The molecule has 0 radical (unpaired) electrons. The van der Waals surface area contributed by atoms with Crippen molar-refractivity contribution in [3.05, 3.63) is 97.1 Å². The van der Waals surface area contributed by atoms with Crippen LogP contribution < -0.4 is 0 Å². The van der Waals surface area contributed by atoms with Crippen LogP contribution in [0.1, 0.15) is 0 Å². The molecule has 0 saturated carbocycles. The smallest absolute Gasteiger partial charge is 0.258 e. The molecule has 0 bridgehead atoms. The Morgan fingerprint density at radius 3 is 0.976 bits per heavy atom. The molecule has 0 fully saturated rings. The number of rotatable bonds is 8. The number of nitrogens with zero attached hydrogens (tertiary/aromatic N) is 12. The summed E-state index contributed by atoms with van der Waals surface area (Å²) in [4.78, 5) is 62.8. The highest BCUT2D eigenvalue weighted by Gasteiger charge is 2.35. The molecular formula is C18H6N12O12. The van der Waals surface area contributed by atoms with Gasteiger partial charge in [0.2, 0.25) is 11.4 Å². The van der Waals surface area contributed by atoms with E-state index in [0.29, 0.717) is 33.6 Å². The van der Waals surface area contributed by atoms with Gasteiger partial charge >= 0.3 is 22.7 Å². The summed E-state index contributed by atoms with van der Waals surface area (Å²) in [5.41, 5.74) is -8.47. The maximum atomic E-state index is 11.7. The summed E-state index contributed by atoms with van der Waals surface area (Å²) in [7, 11) is 0. The van der Waals surface area contributed by atoms with Gasteiger partial charge in [0.05, 0.1) is 64.8 Å². The first-order chi connectivity index (χ1) is 19.8. The van der Waals surface area contributed by atoms with Gasteiger partial charge in [0.25, 0.3) is 11.4 Å². The second-order valence-electron chi connectivity index (χ2n) is 8.04. The molecule has 2 aromatic heterocycles. The summed E-state index contributed by atoms with van der Waals surface area (Å²) in [6.45, 7) is 0. The largest absolute Gasteiger partial charge is 0.308 e. The second kappa shape index (κ2) is 9.25. The molecule has 3 aromatic carbocycles. The first kappa shape index (κ1) is 26.5. The van der Waals surface area contributed by atoms with E-state index in [9.17, 15) is 60.7 Å². The highest BCUT2D eigenvalue weighted by Crippen LogP contribution is 2.40. The number of benzene rings is 3. The van der Waals surface area contributed by atoms with Gasteiger partial charge in [-0.2, -0.15) is 9.36 Å². The van der Waals surface area contributed by atoms with Crippen molar-refractivity contribution in [2.45, 2.75) is 0 Å². The fourth-order valence-corrected chi connectivity index (χ4v) is 4.05. The topological polar surface area (TPSA) is 320 Å². The van der Waals surface area contributed by atoms with Crippen molar-refractivity contribution in [3.8, 4) is 11.4 Å². The molecule has 5 rings (SSSR count). The molecular weight excluding hydrogens is 576 g/mol. The van der Waals surface area contributed by atoms with Crippen molar-refractivity contribution < 1.29 is 29.5 Å². The van der Waals surface area contributed by atoms with Crippen molar-refractivity contribution >= 4 is 56.2 Å². The molecule has 42 heavy (non-hydrogen) atoms. The summed E-state index contributed by atoms with van der Waals surface area (Å²) >= 11 is 0. The van der Waals surface area contributed by atoms with E-state index in [-0.39, 0.29) is 22.1 Å². The van der Waals surface area contributed by atoms with Crippen LogP contribution in [-0.2, 0) is 0 Å². The first-order valence-corrected chi connectivity index (χ1v) is 10.6. The third-order valence-electron chi connectivity index (χ3n) is 5.75. The Hall–Kier alpha value is -7.14.